The molecule has 1 amide bonds. The summed E-state index contributed by atoms with van der Waals surface area (Å²) in [6, 6.07) is 5.43. The number of rotatable bonds is 5. The first-order chi connectivity index (χ1) is 15.0. The van der Waals surface area contributed by atoms with Crippen LogP contribution in [0.15, 0.2) is 24.3 Å². The molecule has 1 N–H and O–H groups in total. The number of carbonyl (C=O) groups excluding carboxylic acids is 1. The first-order valence-electron chi connectivity index (χ1n) is 10.4. The lowest BCUT2D eigenvalue weighted by Crippen LogP contribution is -2.44. The van der Waals surface area contributed by atoms with Gasteiger partial charge in [-0.05, 0) is 49.8 Å². The van der Waals surface area contributed by atoms with Gasteiger partial charge in [0.2, 0.25) is 5.91 Å². The molecule has 1 saturated carbocycles. The minimum atomic E-state index is -4.61. The maximum absolute atomic E-state index is 13.5. The largest absolute Gasteiger partial charge is 0.481 e. The highest BCUT2D eigenvalue weighted by atomic mass is 19.4. The molecule has 2 aliphatic rings. The van der Waals surface area contributed by atoms with E-state index in [0.29, 0.717) is 24.1 Å². The van der Waals surface area contributed by atoms with Crippen LogP contribution in [0.1, 0.15) is 48.7 Å². The molecule has 0 spiro atoms. The number of aromatic nitrogens is 2. The number of hydrogen-bond donors (Lipinski definition) is 1. The number of carboxylic acid groups (broad SMARTS) is 1. The van der Waals surface area contributed by atoms with Gasteiger partial charge in [0.15, 0.2) is 5.69 Å². The summed E-state index contributed by atoms with van der Waals surface area (Å²) in [6.45, 7) is 1.83. The molecule has 0 atom stereocenters. The molecule has 10 heteroatoms. The number of carbonyl (C=O) groups is 2. The molecule has 1 aliphatic heterocycles. The Kier molecular flexibility index (Phi) is 5.50. The van der Waals surface area contributed by atoms with Crippen LogP contribution in [-0.2, 0) is 35.3 Å². The van der Waals surface area contributed by atoms with Crippen molar-refractivity contribution in [3.63, 3.8) is 0 Å². The normalized spacial score (nSPS) is 22.9. The Morgan fingerprint density at radius 3 is 2.47 bits per heavy atom. The molecule has 1 aromatic carbocycles. The zero-order chi connectivity index (χ0) is 23.3. The van der Waals surface area contributed by atoms with Crippen LogP contribution in [0, 0.1) is 17.2 Å². The molecule has 32 heavy (non-hydrogen) atoms. The van der Waals surface area contributed by atoms with Crippen LogP contribution < -0.4 is 0 Å². The van der Waals surface area contributed by atoms with Crippen LogP contribution in [0.25, 0.3) is 0 Å². The average molecular weight is 453 g/mol. The Hall–Kier alpha value is -2.91. The van der Waals surface area contributed by atoms with E-state index >= 15 is 0 Å². The van der Waals surface area contributed by atoms with Crippen LogP contribution in [0.4, 0.5) is 17.6 Å². The lowest BCUT2D eigenvalue weighted by Gasteiger charge is -2.42. The zero-order valence-electron chi connectivity index (χ0n) is 17.5. The molecule has 0 unspecified atom stereocenters. The van der Waals surface area contributed by atoms with Gasteiger partial charge in [-0.2, -0.15) is 18.3 Å². The van der Waals surface area contributed by atoms with Crippen LogP contribution in [0.2, 0.25) is 0 Å². The molecular formula is C22H23F4N3O3. The quantitative estimate of drug-likeness (QED) is 0.698. The fraction of sp³-hybridized carbons (Fsp3) is 0.500. The monoisotopic (exact) mass is 453 g/mol. The Bertz CT molecular complexity index is 1040. The van der Waals surface area contributed by atoms with Crippen molar-refractivity contribution < 1.29 is 32.3 Å². The summed E-state index contributed by atoms with van der Waals surface area (Å²) in [5.74, 6) is -1.57. The molecule has 2 heterocycles. The maximum Gasteiger partial charge on any atom is 0.435 e. The van der Waals surface area contributed by atoms with E-state index in [9.17, 15) is 32.3 Å². The molecule has 1 aliphatic carbocycles. The molecule has 4 rings (SSSR count). The third kappa shape index (κ3) is 4.22. The minimum Gasteiger partial charge on any atom is -0.481 e. The summed E-state index contributed by atoms with van der Waals surface area (Å²) in [5.41, 5.74) is -0.750. The van der Waals surface area contributed by atoms with E-state index in [1.807, 2.05) is 0 Å². The smallest absolute Gasteiger partial charge is 0.435 e. The Morgan fingerprint density at radius 1 is 1.22 bits per heavy atom. The maximum atomic E-state index is 13.5. The summed E-state index contributed by atoms with van der Waals surface area (Å²) < 4.78 is 55.1. The molecule has 6 nitrogen and oxygen atoms in total. The number of fused-ring (bicyclic) bond motifs is 1. The highest BCUT2D eigenvalue weighted by molar-refractivity contribution is 5.79. The lowest BCUT2D eigenvalue weighted by molar-refractivity contribution is -0.158. The van der Waals surface area contributed by atoms with E-state index in [4.69, 9.17) is 0 Å². The van der Waals surface area contributed by atoms with Crippen LogP contribution in [-0.4, -0.2) is 38.2 Å². The molecular weight excluding hydrogens is 430 g/mol. The van der Waals surface area contributed by atoms with Crippen molar-refractivity contribution in [2.24, 2.45) is 11.3 Å². The van der Waals surface area contributed by atoms with Crippen molar-refractivity contribution in [3.8, 4) is 0 Å². The van der Waals surface area contributed by atoms with Gasteiger partial charge in [0.1, 0.15) is 5.82 Å². The van der Waals surface area contributed by atoms with Crippen LogP contribution in [0.3, 0.4) is 0 Å². The first-order valence-corrected chi connectivity index (χ1v) is 10.4. The second-order valence-corrected chi connectivity index (χ2v) is 8.97. The molecule has 0 radical (unpaired) electrons. The van der Waals surface area contributed by atoms with Crippen LogP contribution in [0.5, 0.6) is 0 Å². The number of halogens is 4. The standard InChI is InChI=1S/C22H23F4N3O3/c1-21(20(31)32)9-14(10-21)8-18(30)28-7-6-16-17(12-28)29(27-19(16)22(24,25)26)11-13-2-4-15(23)5-3-13/h2-5,14H,6-12H2,1H3,(H,31,32). The number of aliphatic carboxylic acids is 1. The van der Waals surface area contributed by atoms with Gasteiger partial charge in [-0.25, -0.2) is 4.39 Å². The van der Waals surface area contributed by atoms with Gasteiger partial charge in [-0.15, -0.1) is 0 Å². The summed E-state index contributed by atoms with van der Waals surface area (Å²) >= 11 is 0. The summed E-state index contributed by atoms with van der Waals surface area (Å²) in [7, 11) is 0. The van der Waals surface area contributed by atoms with Crippen LogP contribution >= 0.6 is 0 Å². The number of benzene rings is 1. The van der Waals surface area contributed by atoms with Gasteiger partial charge in [-0.3, -0.25) is 14.3 Å². The Labute approximate surface area is 181 Å². The summed E-state index contributed by atoms with van der Waals surface area (Å²) in [6.07, 6.45) is -3.58. The van der Waals surface area contributed by atoms with Gasteiger partial charge in [0.25, 0.3) is 0 Å². The number of amides is 1. The molecule has 2 aromatic rings. The second kappa shape index (κ2) is 7.90. The van der Waals surface area contributed by atoms with Gasteiger partial charge < -0.3 is 10.0 Å². The Morgan fingerprint density at radius 2 is 1.88 bits per heavy atom. The van der Waals surface area contributed by atoms with E-state index in [2.05, 4.69) is 5.10 Å². The Balaban J connectivity index is 1.52. The number of alkyl halides is 3. The molecule has 0 bridgehead atoms. The highest BCUT2D eigenvalue weighted by Crippen LogP contribution is 2.47. The van der Waals surface area contributed by atoms with Crippen molar-refractivity contribution in [1.82, 2.24) is 14.7 Å². The average Bonchev–Trinajstić information content (AvgIpc) is 3.06. The van der Waals surface area contributed by atoms with Gasteiger partial charge in [0, 0.05) is 18.5 Å². The lowest BCUT2D eigenvalue weighted by atomic mass is 9.62. The van der Waals surface area contributed by atoms with E-state index in [0.717, 1.165) is 0 Å². The highest BCUT2D eigenvalue weighted by Gasteiger charge is 2.47. The topological polar surface area (TPSA) is 75.4 Å². The van der Waals surface area contributed by atoms with Crippen molar-refractivity contribution in [3.05, 3.63) is 52.6 Å². The fourth-order valence-corrected chi connectivity index (χ4v) is 4.72. The predicted molar refractivity (Wildman–Crippen MR) is 105 cm³/mol. The van der Waals surface area contributed by atoms with E-state index in [-0.39, 0.29) is 49.9 Å². The first kappa shape index (κ1) is 22.3. The molecule has 1 aromatic heterocycles. The van der Waals surface area contributed by atoms with Crippen molar-refractivity contribution in [1.29, 1.82) is 0 Å². The fourth-order valence-electron chi connectivity index (χ4n) is 4.72. The van der Waals surface area contributed by atoms with E-state index < -0.39 is 29.1 Å². The number of nitrogens with zero attached hydrogens (tertiary/aromatic N) is 3. The van der Waals surface area contributed by atoms with Gasteiger partial charge in [-0.1, -0.05) is 12.1 Å². The van der Waals surface area contributed by atoms with Gasteiger partial charge >= 0.3 is 12.1 Å². The molecule has 172 valence electrons. The SMILES string of the molecule is CC1(C(=O)O)CC(CC(=O)N2CCc3c(C(F)(F)F)nn(Cc4ccc(F)cc4)c3C2)C1. The summed E-state index contributed by atoms with van der Waals surface area (Å²) in [4.78, 5) is 25.5. The predicted octanol–water partition coefficient (Wildman–Crippen LogP) is 3.87. The second-order valence-electron chi connectivity index (χ2n) is 8.97. The minimum absolute atomic E-state index is 0.00135. The number of carboxylic acids is 1. The molecule has 0 saturated heterocycles. The molecule has 1 fully saturated rings. The van der Waals surface area contributed by atoms with Crippen molar-refractivity contribution in [2.45, 2.75) is 51.9 Å². The van der Waals surface area contributed by atoms with Crippen molar-refractivity contribution in [2.75, 3.05) is 6.54 Å². The zero-order valence-corrected chi connectivity index (χ0v) is 17.5. The summed E-state index contributed by atoms with van der Waals surface area (Å²) in [5, 5.41) is 13.0. The third-order valence-electron chi connectivity index (χ3n) is 6.46. The third-order valence-corrected chi connectivity index (χ3v) is 6.46. The van der Waals surface area contributed by atoms with Gasteiger partial charge in [0.05, 0.1) is 24.2 Å². The number of hydrogen-bond acceptors (Lipinski definition) is 3. The van der Waals surface area contributed by atoms with E-state index in [1.165, 1.54) is 33.8 Å². The van der Waals surface area contributed by atoms with Crippen molar-refractivity contribution >= 4 is 11.9 Å². The van der Waals surface area contributed by atoms with E-state index in [1.54, 1.807) is 6.92 Å².